The Bertz CT molecular complexity index is 262. The van der Waals surface area contributed by atoms with Crippen LogP contribution in [0.15, 0.2) is 5.16 Å². The lowest BCUT2D eigenvalue weighted by Crippen LogP contribution is -2.25. The Kier molecular flexibility index (Phi) is 3.70. The van der Waals surface area contributed by atoms with E-state index >= 15 is 0 Å². The summed E-state index contributed by atoms with van der Waals surface area (Å²) in [5.74, 6) is 0.0000926. The van der Waals surface area contributed by atoms with Crippen LogP contribution in [0, 0.1) is 17.2 Å². The van der Waals surface area contributed by atoms with Gasteiger partial charge in [0, 0.05) is 0 Å². The standard InChI is InChI=1S/C10H18N2OSi/c1-14(2,3)13-12-10-7-5-4-6-9(10)8-11/h9H,4-7H2,1-3H3. The van der Waals surface area contributed by atoms with Gasteiger partial charge in [-0.05, 0) is 38.9 Å². The maximum absolute atomic E-state index is 8.92. The minimum atomic E-state index is -1.58. The van der Waals surface area contributed by atoms with E-state index in [1.54, 1.807) is 0 Å². The Hall–Kier alpha value is -0.823. The Labute approximate surface area is 86.9 Å². The van der Waals surface area contributed by atoms with Gasteiger partial charge in [0.05, 0.1) is 17.7 Å². The van der Waals surface area contributed by atoms with Gasteiger partial charge in [0.25, 0.3) is 8.32 Å². The van der Waals surface area contributed by atoms with Gasteiger partial charge in [-0.15, -0.1) is 5.16 Å². The summed E-state index contributed by atoms with van der Waals surface area (Å²) in [5, 5.41) is 13.1. The molecule has 1 aliphatic rings. The van der Waals surface area contributed by atoms with E-state index in [2.05, 4.69) is 30.9 Å². The molecule has 0 aromatic carbocycles. The first-order chi connectivity index (χ1) is 6.53. The van der Waals surface area contributed by atoms with Gasteiger partial charge < -0.3 is 4.53 Å². The lowest BCUT2D eigenvalue weighted by Gasteiger charge is -2.20. The first kappa shape index (κ1) is 11.3. The summed E-state index contributed by atoms with van der Waals surface area (Å²) in [4.78, 5) is 0. The lowest BCUT2D eigenvalue weighted by atomic mass is 9.88. The van der Waals surface area contributed by atoms with Crippen LogP contribution < -0.4 is 0 Å². The fourth-order valence-electron chi connectivity index (χ4n) is 1.44. The molecule has 0 saturated heterocycles. The first-order valence-electron chi connectivity index (χ1n) is 5.17. The van der Waals surface area contributed by atoms with Crippen LogP contribution in [-0.4, -0.2) is 14.0 Å². The third-order valence-electron chi connectivity index (χ3n) is 2.17. The van der Waals surface area contributed by atoms with E-state index in [-0.39, 0.29) is 5.92 Å². The highest BCUT2D eigenvalue weighted by molar-refractivity contribution is 6.69. The molecule has 1 fully saturated rings. The third-order valence-corrected chi connectivity index (χ3v) is 2.81. The first-order valence-corrected chi connectivity index (χ1v) is 8.58. The number of hydrogen-bond acceptors (Lipinski definition) is 3. The summed E-state index contributed by atoms with van der Waals surface area (Å²) in [5.41, 5.74) is 0.959. The van der Waals surface area contributed by atoms with Crippen LogP contribution in [0.25, 0.3) is 0 Å². The molecule has 1 saturated carbocycles. The molecule has 1 atom stereocenters. The van der Waals surface area contributed by atoms with Gasteiger partial charge >= 0.3 is 0 Å². The van der Waals surface area contributed by atoms with Gasteiger partial charge in [0.15, 0.2) is 0 Å². The Morgan fingerprint density at radius 1 is 1.43 bits per heavy atom. The molecule has 3 nitrogen and oxygen atoms in total. The van der Waals surface area contributed by atoms with Crippen LogP contribution in [0.4, 0.5) is 0 Å². The normalized spacial score (nSPS) is 25.9. The molecule has 1 rings (SSSR count). The van der Waals surface area contributed by atoms with Crippen molar-refractivity contribution in [1.82, 2.24) is 0 Å². The van der Waals surface area contributed by atoms with E-state index in [1.807, 2.05) is 0 Å². The highest BCUT2D eigenvalue weighted by Crippen LogP contribution is 2.21. The van der Waals surface area contributed by atoms with E-state index < -0.39 is 8.32 Å². The average molecular weight is 210 g/mol. The van der Waals surface area contributed by atoms with Crippen molar-refractivity contribution >= 4 is 14.0 Å². The molecule has 0 N–H and O–H groups in total. The van der Waals surface area contributed by atoms with Gasteiger partial charge in [-0.1, -0.05) is 6.42 Å². The molecular weight excluding hydrogens is 192 g/mol. The third kappa shape index (κ3) is 3.50. The highest BCUT2D eigenvalue weighted by atomic mass is 28.4. The maximum atomic E-state index is 8.92. The largest absolute Gasteiger partial charge is 0.456 e. The molecular formula is C10H18N2OSi. The predicted molar refractivity (Wildman–Crippen MR) is 59.4 cm³/mol. The predicted octanol–water partition coefficient (Wildman–Crippen LogP) is 2.91. The van der Waals surface area contributed by atoms with Crippen molar-refractivity contribution in [2.75, 3.05) is 0 Å². The van der Waals surface area contributed by atoms with Gasteiger partial charge in [-0.2, -0.15) is 5.26 Å². The summed E-state index contributed by atoms with van der Waals surface area (Å²) in [6, 6.07) is 2.29. The van der Waals surface area contributed by atoms with Gasteiger partial charge in [0.1, 0.15) is 0 Å². The summed E-state index contributed by atoms with van der Waals surface area (Å²) >= 11 is 0. The minimum absolute atomic E-state index is 0.0000926. The zero-order valence-corrected chi connectivity index (χ0v) is 10.2. The molecule has 0 aliphatic heterocycles. The number of hydrogen-bond donors (Lipinski definition) is 0. The molecule has 1 unspecified atom stereocenters. The van der Waals surface area contributed by atoms with Crippen LogP contribution in [0.5, 0.6) is 0 Å². The monoisotopic (exact) mass is 210 g/mol. The van der Waals surface area contributed by atoms with E-state index in [4.69, 9.17) is 9.79 Å². The summed E-state index contributed by atoms with van der Waals surface area (Å²) < 4.78 is 5.48. The molecule has 0 bridgehead atoms. The number of nitrogens with zero attached hydrogens (tertiary/aromatic N) is 2. The fraction of sp³-hybridized carbons (Fsp3) is 0.800. The van der Waals surface area contributed by atoms with Crippen LogP contribution in [0.1, 0.15) is 25.7 Å². The second-order valence-electron chi connectivity index (χ2n) is 4.71. The minimum Gasteiger partial charge on any atom is -0.456 e. The number of nitriles is 1. The lowest BCUT2D eigenvalue weighted by molar-refractivity contribution is 0.328. The topological polar surface area (TPSA) is 45.4 Å². The van der Waals surface area contributed by atoms with Crippen molar-refractivity contribution in [1.29, 1.82) is 5.26 Å². The molecule has 0 aromatic rings. The Morgan fingerprint density at radius 3 is 2.71 bits per heavy atom. The zero-order chi connectivity index (χ0) is 10.6. The number of oxime groups is 1. The van der Waals surface area contributed by atoms with Crippen molar-refractivity contribution in [3.05, 3.63) is 0 Å². The molecule has 0 aromatic heterocycles. The smallest absolute Gasteiger partial charge is 0.278 e. The van der Waals surface area contributed by atoms with Gasteiger partial charge in [0.2, 0.25) is 0 Å². The summed E-state index contributed by atoms with van der Waals surface area (Å²) in [6.45, 7) is 6.30. The van der Waals surface area contributed by atoms with E-state index in [0.717, 1.165) is 31.4 Å². The zero-order valence-electron chi connectivity index (χ0n) is 9.21. The van der Waals surface area contributed by atoms with Crippen molar-refractivity contribution in [3.63, 3.8) is 0 Å². The van der Waals surface area contributed by atoms with Crippen LogP contribution in [0.3, 0.4) is 0 Å². The van der Waals surface area contributed by atoms with Crippen LogP contribution in [-0.2, 0) is 4.53 Å². The van der Waals surface area contributed by atoms with E-state index in [9.17, 15) is 0 Å². The van der Waals surface area contributed by atoms with Crippen LogP contribution in [0.2, 0.25) is 19.6 Å². The molecule has 0 spiro atoms. The van der Waals surface area contributed by atoms with Crippen molar-refractivity contribution in [2.24, 2.45) is 11.1 Å². The highest BCUT2D eigenvalue weighted by Gasteiger charge is 2.22. The van der Waals surface area contributed by atoms with Gasteiger partial charge in [-0.25, -0.2) is 0 Å². The summed E-state index contributed by atoms with van der Waals surface area (Å²) in [6.07, 6.45) is 4.17. The quantitative estimate of drug-likeness (QED) is 0.519. The molecule has 14 heavy (non-hydrogen) atoms. The molecule has 0 heterocycles. The van der Waals surface area contributed by atoms with Gasteiger partial charge in [-0.3, -0.25) is 0 Å². The molecule has 1 aliphatic carbocycles. The Balaban J connectivity index is 2.60. The number of rotatable bonds is 2. The fourth-order valence-corrected chi connectivity index (χ4v) is 1.83. The summed E-state index contributed by atoms with van der Waals surface area (Å²) in [7, 11) is -1.58. The molecule has 78 valence electrons. The van der Waals surface area contributed by atoms with E-state index in [0.29, 0.717) is 0 Å². The second kappa shape index (κ2) is 4.60. The van der Waals surface area contributed by atoms with Crippen molar-refractivity contribution in [3.8, 4) is 6.07 Å². The maximum Gasteiger partial charge on any atom is 0.278 e. The van der Waals surface area contributed by atoms with E-state index in [1.165, 1.54) is 0 Å². The molecule has 4 heteroatoms. The van der Waals surface area contributed by atoms with Crippen molar-refractivity contribution in [2.45, 2.75) is 45.3 Å². The molecule has 0 radical (unpaired) electrons. The SMILES string of the molecule is C[Si](C)(C)ON=C1CCCCC1C#N. The van der Waals surface area contributed by atoms with Crippen molar-refractivity contribution < 1.29 is 4.53 Å². The average Bonchev–Trinajstić information content (AvgIpc) is 2.14. The molecule has 0 amide bonds. The Morgan fingerprint density at radius 2 is 2.14 bits per heavy atom. The second-order valence-corrected chi connectivity index (χ2v) is 9.12. The van der Waals surface area contributed by atoms with Crippen LogP contribution >= 0.6 is 0 Å².